The molecular weight excluding hydrogens is 374 g/mol. The summed E-state index contributed by atoms with van der Waals surface area (Å²) in [7, 11) is 0. The molecule has 0 aliphatic heterocycles. The second-order valence-corrected chi connectivity index (χ2v) is 6.43. The van der Waals surface area contributed by atoms with Gasteiger partial charge in [0.2, 0.25) is 0 Å². The van der Waals surface area contributed by atoms with Crippen molar-refractivity contribution in [1.29, 1.82) is 0 Å². The number of pyridine rings is 1. The van der Waals surface area contributed by atoms with Crippen LogP contribution in [0, 0.1) is 0 Å². The van der Waals surface area contributed by atoms with Gasteiger partial charge in [-0.25, -0.2) is 4.98 Å². The molecule has 6 heteroatoms. The van der Waals surface area contributed by atoms with Crippen molar-refractivity contribution in [1.82, 2.24) is 4.98 Å². The summed E-state index contributed by atoms with van der Waals surface area (Å²) in [6.45, 7) is 4.70. The van der Waals surface area contributed by atoms with E-state index >= 15 is 0 Å². The average molecular weight is 394 g/mol. The molecule has 0 spiro atoms. The maximum absolute atomic E-state index is 12.3. The van der Waals surface area contributed by atoms with Gasteiger partial charge in [-0.2, -0.15) is 0 Å². The van der Waals surface area contributed by atoms with E-state index in [2.05, 4.69) is 22.2 Å². The number of nitrogens with one attached hydrogen (secondary N) is 2. The zero-order chi connectivity index (χ0) is 19.8. The van der Waals surface area contributed by atoms with E-state index in [0.29, 0.717) is 41.0 Å². The monoisotopic (exact) mass is 393 g/mol. The van der Waals surface area contributed by atoms with Gasteiger partial charge in [0, 0.05) is 23.5 Å². The van der Waals surface area contributed by atoms with E-state index in [1.165, 1.54) is 6.20 Å². The van der Waals surface area contributed by atoms with Gasteiger partial charge in [-0.15, -0.1) is 6.58 Å². The molecule has 0 saturated carbocycles. The number of rotatable bonds is 8. The van der Waals surface area contributed by atoms with E-state index in [4.69, 9.17) is 16.3 Å². The fraction of sp³-hybridized carbons (Fsp3) is 0.0909. The van der Waals surface area contributed by atoms with E-state index in [1.807, 2.05) is 36.4 Å². The zero-order valence-electron chi connectivity index (χ0n) is 15.2. The van der Waals surface area contributed by atoms with Crippen LogP contribution in [-0.4, -0.2) is 17.4 Å². The first-order chi connectivity index (χ1) is 13.6. The molecule has 3 rings (SSSR count). The number of carbonyl (C=O) groups is 1. The highest BCUT2D eigenvalue weighted by Crippen LogP contribution is 2.18. The summed E-state index contributed by atoms with van der Waals surface area (Å²) in [5.41, 5.74) is 2.19. The van der Waals surface area contributed by atoms with Crippen molar-refractivity contribution in [2.24, 2.45) is 0 Å². The van der Waals surface area contributed by atoms with Crippen molar-refractivity contribution in [3.8, 4) is 5.75 Å². The predicted octanol–water partition coefficient (Wildman–Crippen LogP) is 5.16. The van der Waals surface area contributed by atoms with Crippen LogP contribution in [-0.2, 0) is 6.61 Å². The van der Waals surface area contributed by atoms with Crippen LogP contribution in [0.25, 0.3) is 0 Å². The Hall–Kier alpha value is -3.31. The molecule has 0 aliphatic rings. The number of aromatic nitrogens is 1. The minimum absolute atomic E-state index is 0.224. The van der Waals surface area contributed by atoms with Crippen LogP contribution >= 0.6 is 11.6 Å². The van der Waals surface area contributed by atoms with Gasteiger partial charge >= 0.3 is 0 Å². The van der Waals surface area contributed by atoms with Crippen molar-refractivity contribution in [3.05, 3.63) is 95.7 Å². The van der Waals surface area contributed by atoms with E-state index in [0.717, 1.165) is 5.56 Å². The molecule has 0 radical (unpaired) electrons. The van der Waals surface area contributed by atoms with E-state index < -0.39 is 0 Å². The quantitative estimate of drug-likeness (QED) is 0.518. The Morgan fingerprint density at radius 1 is 1.07 bits per heavy atom. The first-order valence-electron chi connectivity index (χ1n) is 8.73. The molecule has 1 aromatic heterocycles. The van der Waals surface area contributed by atoms with Gasteiger partial charge in [0.1, 0.15) is 18.2 Å². The molecule has 1 heterocycles. The second kappa shape index (κ2) is 9.58. The molecule has 0 fully saturated rings. The summed E-state index contributed by atoms with van der Waals surface area (Å²) in [4.78, 5) is 16.5. The van der Waals surface area contributed by atoms with Gasteiger partial charge in [0.15, 0.2) is 0 Å². The number of halogens is 1. The van der Waals surface area contributed by atoms with Crippen LogP contribution < -0.4 is 15.4 Å². The Balaban J connectivity index is 1.53. The van der Waals surface area contributed by atoms with Gasteiger partial charge < -0.3 is 15.4 Å². The standard InChI is InChI=1S/C22H20ClN3O2/c1-2-13-24-21-12-5-17(14-25-21)22(27)26-19-8-10-20(11-9-19)28-15-16-3-6-18(23)7-4-16/h2-12,14H,1,13,15H2,(H,24,25)(H,26,27). The van der Waals surface area contributed by atoms with E-state index in [1.54, 1.807) is 30.3 Å². The Morgan fingerprint density at radius 3 is 2.46 bits per heavy atom. The molecule has 2 N–H and O–H groups in total. The van der Waals surface area contributed by atoms with Crippen molar-refractivity contribution >= 4 is 29.0 Å². The first-order valence-corrected chi connectivity index (χ1v) is 9.11. The highest BCUT2D eigenvalue weighted by Gasteiger charge is 2.07. The number of ether oxygens (including phenoxy) is 1. The summed E-state index contributed by atoms with van der Waals surface area (Å²) < 4.78 is 5.74. The van der Waals surface area contributed by atoms with Gasteiger partial charge in [-0.3, -0.25) is 4.79 Å². The van der Waals surface area contributed by atoms with Crippen LogP contribution in [0.4, 0.5) is 11.5 Å². The van der Waals surface area contributed by atoms with E-state index in [-0.39, 0.29) is 5.91 Å². The lowest BCUT2D eigenvalue weighted by Gasteiger charge is -2.09. The molecule has 0 unspecified atom stereocenters. The van der Waals surface area contributed by atoms with Crippen LogP contribution in [0.3, 0.4) is 0 Å². The molecule has 0 aliphatic carbocycles. The molecule has 2 aromatic carbocycles. The number of amides is 1. The molecule has 5 nitrogen and oxygen atoms in total. The van der Waals surface area contributed by atoms with Crippen molar-refractivity contribution in [3.63, 3.8) is 0 Å². The lowest BCUT2D eigenvalue weighted by atomic mass is 10.2. The molecule has 142 valence electrons. The third-order valence-corrected chi connectivity index (χ3v) is 4.14. The smallest absolute Gasteiger partial charge is 0.257 e. The average Bonchev–Trinajstić information content (AvgIpc) is 2.73. The lowest BCUT2D eigenvalue weighted by Crippen LogP contribution is -2.12. The predicted molar refractivity (Wildman–Crippen MR) is 113 cm³/mol. The van der Waals surface area contributed by atoms with Crippen LogP contribution in [0.2, 0.25) is 5.02 Å². The minimum atomic E-state index is -0.224. The summed E-state index contributed by atoms with van der Waals surface area (Å²) in [6, 6.07) is 18.2. The molecule has 1 amide bonds. The van der Waals surface area contributed by atoms with Gasteiger partial charge in [-0.1, -0.05) is 29.8 Å². The number of hydrogen-bond acceptors (Lipinski definition) is 4. The van der Waals surface area contributed by atoms with Crippen LogP contribution in [0.15, 0.2) is 79.5 Å². The maximum atomic E-state index is 12.3. The Bertz CT molecular complexity index is 924. The Labute approximate surface area is 169 Å². The lowest BCUT2D eigenvalue weighted by molar-refractivity contribution is 0.102. The number of benzene rings is 2. The van der Waals surface area contributed by atoms with Crippen molar-refractivity contribution in [2.75, 3.05) is 17.2 Å². The normalized spacial score (nSPS) is 10.2. The van der Waals surface area contributed by atoms with Crippen molar-refractivity contribution in [2.45, 2.75) is 6.61 Å². The second-order valence-electron chi connectivity index (χ2n) is 6.00. The fourth-order valence-corrected chi connectivity index (χ4v) is 2.52. The van der Waals surface area contributed by atoms with Crippen molar-refractivity contribution < 1.29 is 9.53 Å². The highest BCUT2D eigenvalue weighted by atomic mass is 35.5. The zero-order valence-corrected chi connectivity index (χ0v) is 15.9. The summed E-state index contributed by atoms with van der Waals surface area (Å²) >= 11 is 5.87. The molecular formula is C22H20ClN3O2. The highest BCUT2D eigenvalue weighted by molar-refractivity contribution is 6.30. The van der Waals surface area contributed by atoms with Gasteiger partial charge in [0.05, 0.1) is 5.56 Å². The molecule has 0 bridgehead atoms. The van der Waals surface area contributed by atoms with Crippen LogP contribution in [0.5, 0.6) is 5.75 Å². The Kier molecular flexibility index (Phi) is 6.65. The van der Waals surface area contributed by atoms with Gasteiger partial charge in [0.25, 0.3) is 5.91 Å². The topological polar surface area (TPSA) is 63.2 Å². The summed E-state index contributed by atoms with van der Waals surface area (Å²) in [6.07, 6.45) is 3.27. The Morgan fingerprint density at radius 2 is 1.82 bits per heavy atom. The fourth-order valence-electron chi connectivity index (χ4n) is 2.39. The number of nitrogens with zero attached hydrogens (tertiary/aromatic N) is 1. The number of anilines is 2. The third kappa shape index (κ3) is 5.59. The molecule has 0 atom stereocenters. The number of carbonyl (C=O) groups excluding carboxylic acids is 1. The molecule has 28 heavy (non-hydrogen) atoms. The largest absolute Gasteiger partial charge is 0.489 e. The van der Waals surface area contributed by atoms with Crippen LogP contribution in [0.1, 0.15) is 15.9 Å². The summed E-state index contributed by atoms with van der Waals surface area (Å²) in [5.74, 6) is 1.18. The maximum Gasteiger partial charge on any atom is 0.257 e. The summed E-state index contributed by atoms with van der Waals surface area (Å²) in [5, 5.41) is 6.60. The molecule has 0 saturated heterocycles. The minimum Gasteiger partial charge on any atom is -0.489 e. The molecule has 3 aromatic rings. The first kappa shape index (κ1) is 19.5. The SMILES string of the molecule is C=CCNc1ccc(C(=O)Nc2ccc(OCc3ccc(Cl)cc3)cc2)cn1. The third-order valence-electron chi connectivity index (χ3n) is 3.88. The van der Waals surface area contributed by atoms with E-state index in [9.17, 15) is 4.79 Å². The van der Waals surface area contributed by atoms with Gasteiger partial charge in [-0.05, 0) is 54.1 Å². The number of hydrogen-bond donors (Lipinski definition) is 2.